The number of thioether (sulfide) groups is 1. The van der Waals surface area contributed by atoms with E-state index in [1.807, 2.05) is 11.8 Å². The first kappa shape index (κ1) is 10.2. The fraction of sp³-hybridized carbons (Fsp3) is 0.800. The number of hydrogen-bond acceptors (Lipinski definition) is 1. The molecule has 74 valence electrons. The van der Waals surface area contributed by atoms with Gasteiger partial charge in [-0.15, -0.1) is 23.2 Å². The van der Waals surface area contributed by atoms with Crippen molar-refractivity contribution in [1.82, 2.24) is 0 Å². The molecule has 0 heterocycles. The third-order valence-electron chi connectivity index (χ3n) is 2.68. The lowest BCUT2D eigenvalue weighted by molar-refractivity contribution is 0.739. The summed E-state index contributed by atoms with van der Waals surface area (Å²) in [7, 11) is 0. The molecule has 3 heteroatoms. The predicted octanol–water partition coefficient (Wildman–Crippen LogP) is 4.02. The van der Waals surface area contributed by atoms with E-state index in [-0.39, 0.29) is 4.33 Å². The molecule has 0 amide bonds. The summed E-state index contributed by atoms with van der Waals surface area (Å²) in [5.74, 6) is 1.67. The van der Waals surface area contributed by atoms with E-state index in [2.05, 4.69) is 12.2 Å². The number of allylic oxidation sites excluding steroid dienone is 1. The van der Waals surface area contributed by atoms with Crippen LogP contribution in [0.3, 0.4) is 0 Å². The van der Waals surface area contributed by atoms with Crippen molar-refractivity contribution in [2.45, 2.75) is 35.3 Å². The summed E-state index contributed by atoms with van der Waals surface area (Å²) in [6.45, 7) is 0. The van der Waals surface area contributed by atoms with Crippen LogP contribution >= 0.6 is 35.0 Å². The van der Waals surface area contributed by atoms with Gasteiger partial charge in [-0.25, -0.2) is 0 Å². The summed E-state index contributed by atoms with van der Waals surface area (Å²) in [4.78, 5) is 0. The molecule has 13 heavy (non-hydrogen) atoms. The lowest BCUT2D eigenvalue weighted by atomic mass is 10.1. The molecular weight excluding hydrogens is 223 g/mol. The molecule has 0 radical (unpaired) electrons. The number of halogens is 2. The van der Waals surface area contributed by atoms with Crippen LogP contribution in [-0.4, -0.2) is 15.3 Å². The molecule has 0 N–H and O–H groups in total. The second-order valence-corrected chi connectivity index (χ2v) is 6.71. The van der Waals surface area contributed by atoms with E-state index >= 15 is 0 Å². The molecule has 0 aromatic heterocycles. The molecule has 0 aliphatic heterocycles. The molecule has 0 aromatic rings. The molecule has 2 aliphatic carbocycles. The maximum absolute atomic E-state index is 5.96. The average Bonchev–Trinajstić information content (AvgIpc) is 2.73. The monoisotopic (exact) mass is 236 g/mol. The third kappa shape index (κ3) is 2.81. The van der Waals surface area contributed by atoms with Gasteiger partial charge in [0, 0.05) is 11.2 Å². The van der Waals surface area contributed by atoms with E-state index in [1.165, 1.54) is 19.3 Å². The second kappa shape index (κ2) is 4.04. The normalized spacial score (nSPS) is 36.2. The summed E-state index contributed by atoms with van der Waals surface area (Å²) in [6.07, 6.45) is 9.54. The van der Waals surface area contributed by atoms with Crippen LogP contribution in [0.4, 0.5) is 0 Å². The highest BCUT2D eigenvalue weighted by atomic mass is 35.5. The van der Waals surface area contributed by atoms with Gasteiger partial charge in [-0.05, 0) is 31.4 Å². The Morgan fingerprint density at radius 3 is 2.77 bits per heavy atom. The molecule has 2 unspecified atom stereocenters. The van der Waals surface area contributed by atoms with Crippen LogP contribution in [0.5, 0.6) is 0 Å². The van der Waals surface area contributed by atoms with Gasteiger partial charge in [0.15, 0.2) is 0 Å². The molecule has 1 saturated carbocycles. The Balaban J connectivity index is 1.68. The minimum atomic E-state index is -0.384. The molecule has 2 atom stereocenters. The maximum atomic E-state index is 5.96. The largest absolute Gasteiger partial charge is 0.154 e. The fourth-order valence-electron chi connectivity index (χ4n) is 1.61. The van der Waals surface area contributed by atoms with Gasteiger partial charge in [0.25, 0.3) is 0 Å². The van der Waals surface area contributed by atoms with Gasteiger partial charge < -0.3 is 0 Å². The quantitative estimate of drug-likeness (QED) is 0.527. The van der Waals surface area contributed by atoms with Crippen molar-refractivity contribution in [3.63, 3.8) is 0 Å². The average molecular weight is 237 g/mol. The number of hydrogen-bond donors (Lipinski definition) is 0. The Kier molecular flexibility index (Phi) is 3.17. The van der Waals surface area contributed by atoms with Crippen LogP contribution in [0.25, 0.3) is 0 Å². The highest BCUT2D eigenvalue weighted by molar-refractivity contribution is 8.00. The molecule has 0 nitrogen and oxygen atoms in total. The first-order valence-electron chi connectivity index (χ1n) is 4.84. The maximum Gasteiger partial charge on any atom is 0.122 e. The van der Waals surface area contributed by atoms with Gasteiger partial charge in [-0.1, -0.05) is 12.2 Å². The molecular formula is C10H14Cl2S. The van der Waals surface area contributed by atoms with E-state index in [9.17, 15) is 0 Å². The predicted molar refractivity (Wildman–Crippen MR) is 61.8 cm³/mol. The lowest BCUT2D eigenvalue weighted by Crippen LogP contribution is -2.05. The Morgan fingerprint density at radius 2 is 2.23 bits per heavy atom. The van der Waals surface area contributed by atoms with Gasteiger partial charge in [-0.3, -0.25) is 0 Å². The molecule has 2 rings (SSSR count). The van der Waals surface area contributed by atoms with Crippen LogP contribution < -0.4 is 0 Å². The smallest absolute Gasteiger partial charge is 0.122 e. The Morgan fingerprint density at radius 1 is 1.46 bits per heavy atom. The Bertz CT molecular complexity index is 213. The van der Waals surface area contributed by atoms with Crippen LogP contribution in [0.1, 0.15) is 25.7 Å². The van der Waals surface area contributed by atoms with Gasteiger partial charge in [-0.2, -0.15) is 11.8 Å². The molecule has 0 bridgehead atoms. The summed E-state index contributed by atoms with van der Waals surface area (Å²) >= 11 is 13.9. The zero-order chi connectivity index (χ0) is 9.31. The van der Waals surface area contributed by atoms with Gasteiger partial charge in [0.05, 0.1) is 0 Å². The van der Waals surface area contributed by atoms with Gasteiger partial charge in [0.2, 0.25) is 0 Å². The first-order chi connectivity index (χ1) is 6.18. The van der Waals surface area contributed by atoms with Crippen molar-refractivity contribution in [2.75, 3.05) is 5.75 Å². The second-order valence-electron chi connectivity index (χ2n) is 3.89. The van der Waals surface area contributed by atoms with E-state index in [4.69, 9.17) is 23.2 Å². The summed E-state index contributed by atoms with van der Waals surface area (Å²) in [5, 5.41) is 0.721. The summed E-state index contributed by atoms with van der Waals surface area (Å²) < 4.78 is -0.384. The standard InChI is InChI=1S/C10H14Cl2S/c11-10(12)6-8(10)7-13-9-4-2-1-3-5-9/h2,4,8-9H,1,3,5-7H2. The molecule has 0 saturated heterocycles. The Labute approximate surface area is 94.1 Å². The van der Waals surface area contributed by atoms with Crippen LogP contribution in [0, 0.1) is 5.92 Å². The zero-order valence-electron chi connectivity index (χ0n) is 7.51. The number of alkyl halides is 2. The minimum Gasteiger partial charge on any atom is -0.154 e. The van der Waals surface area contributed by atoms with Crippen molar-refractivity contribution >= 4 is 35.0 Å². The molecule has 2 aliphatic rings. The third-order valence-corrected chi connectivity index (χ3v) is 5.02. The highest BCUT2D eigenvalue weighted by Crippen LogP contribution is 2.54. The first-order valence-corrected chi connectivity index (χ1v) is 6.65. The van der Waals surface area contributed by atoms with Crippen molar-refractivity contribution in [2.24, 2.45) is 5.92 Å². The zero-order valence-corrected chi connectivity index (χ0v) is 9.84. The number of rotatable bonds is 3. The lowest BCUT2D eigenvalue weighted by Gasteiger charge is -2.15. The van der Waals surface area contributed by atoms with Gasteiger partial charge in [0.1, 0.15) is 4.33 Å². The van der Waals surface area contributed by atoms with Crippen molar-refractivity contribution in [1.29, 1.82) is 0 Å². The van der Waals surface area contributed by atoms with Crippen LogP contribution in [0.15, 0.2) is 12.2 Å². The fourth-order valence-corrected chi connectivity index (χ4v) is 3.76. The Hall–Kier alpha value is 0.670. The minimum absolute atomic E-state index is 0.384. The van der Waals surface area contributed by atoms with Crippen LogP contribution in [-0.2, 0) is 0 Å². The SMILES string of the molecule is ClC1(Cl)CC1CSC1C=CCCC1. The molecule has 1 fully saturated rings. The van der Waals surface area contributed by atoms with E-state index < -0.39 is 0 Å². The van der Waals surface area contributed by atoms with Crippen molar-refractivity contribution < 1.29 is 0 Å². The molecule has 0 aromatic carbocycles. The topological polar surface area (TPSA) is 0 Å². The van der Waals surface area contributed by atoms with Gasteiger partial charge >= 0.3 is 0 Å². The van der Waals surface area contributed by atoms with E-state index in [0.717, 1.165) is 17.4 Å². The van der Waals surface area contributed by atoms with Crippen LogP contribution in [0.2, 0.25) is 0 Å². The summed E-state index contributed by atoms with van der Waals surface area (Å²) in [5.41, 5.74) is 0. The van der Waals surface area contributed by atoms with Crippen molar-refractivity contribution in [3.8, 4) is 0 Å². The van der Waals surface area contributed by atoms with E-state index in [1.54, 1.807) is 0 Å². The van der Waals surface area contributed by atoms with Crippen molar-refractivity contribution in [3.05, 3.63) is 12.2 Å². The molecule has 0 spiro atoms. The summed E-state index contributed by atoms with van der Waals surface area (Å²) in [6, 6.07) is 0. The van der Waals surface area contributed by atoms with E-state index in [0.29, 0.717) is 5.92 Å². The highest BCUT2D eigenvalue weighted by Gasteiger charge is 2.51.